The molecule has 0 bridgehead atoms. The predicted molar refractivity (Wildman–Crippen MR) is 310 cm³/mol. The van der Waals surface area contributed by atoms with Crippen LogP contribution in [0.2, 0.25) is 0 Å². The smallest absolute Gasteiger partial charge is 0.0604 e. The number of nitrogens with zero attached hydrogens (tertiary/aromatic N) is 2. The van der Waals surface area contributed by atoms with E-state index in [0.717, 1.165) is 0 Å². The van der Waals surface area contributed by atoms with Gasteiger partial charge in [0.25, 0.3) is 0 Å². The van der Waals surface area contributed by atoms with Crippen LogP contribution in [0.3, 0.4) is 0 Å². The van der Waals surface area contributed by atoms with E-state index < -0.39 is 32.0 Å². The Balaban J connectivity index is 0.000000152. The molecule has 336 valence electrons. The van der Waals surface area contributed by atoms with Gasteiger partial charge in [-0.25, -0.2) is 0 Å². The first-order valence-electron chi connectivity index (χ1n) is 23.6. The van der Waals surface area contributed by atoms with Crippen molar-refractivity contribution in [3.8, 4) is 0 Å². The van der Waals surface area contributed by atoms with E-state index in [1.807, 2.05) is 0 Å². The van der Waals surface area contributed by atoms with Crippen LogP contribution in [0.1, 0.15) is 0 Å². The third kappa shape index (κ3) is 9.63. The maximum absolute atomic E-state index is 2.55. The zero-order chi connectivity index (χ0) is 46.9. The minimum atomic E-state index is -0.760. The molecule has 0 atom stereocenters. The van der Waals surface area contributed by atoms with Crippen LogP contribution in [0.15, 0.2) is 304 Å². The molecule has 0 aliphatic rings. The van der Waals surface area contributed by atoms with Gasteiger partial charge in [0.2, 0.25) is 0 Å². The monoisotopic (exact) mass is 970 g/mol. The third-order valence-corrected chi connectivity index (χ3v) is 21.9. The number of hydrogen-bond donors (Lipinski definition) is 0. The average Bonchev–Trinajstić information content (AvgIpc) is 4.07. The van der Waals surface area contributed by atoms with Crippen molar-refractivity contribution in [2.75, 3.05) is 0 Å². The number of fused-ring (bicyclic) bond motifs is 2. The first kappa shape index (κ1) is 45.4. The molecule has 6 heteroatoms. The van der Waals surface area contributed by atoms with Gasteiger partial charge in [-0.1, -0.05) is 279 Å². The molecule has 0 fully saturated rings. The third-order valence-electron chi connectivity index (χ3n) is 12.3. The molecule has 10 aromatic carbocycles. The molecule has 0 radical (unpaired) electrons. The van der Waals surface area contributed by atoms with E-state index in [4.69, 9.17) is 0 Å². The largest absolute Gasteiger partial charge is 0.317 e. The molecule has 2 aromatic heterocycles. The minimum absolute atomic E-state index is 0.709. The van der Waals surface area contributed by atoms with Crippen LogP contribution in [0, 0.1) is 0 Å². The number of hydrogen-bond acceptors (Lipinski definition) is 0. The molecule has 2 heterocycles. The van der Waals surface area contributed by atoms with Crippen LogP contribution < -0.4 is 53.0 Å². The Morgan fingerprint density at radius 1 is 0.200 bits per heavy atom. The van der Waals surface area contributed by atoms with E-state index in [1.165, 1.54) is 74.9 Å². The predicted octanol–water partition coefficient (Wildman–Crippen LogP) is 12.6. The molecule has 0 aliphatic heterocycles. The van der Waals surface area contributed by atoms with Gasteiger partial charge in [-0.3, -0.25) is 0 Å². The van der Waals surface area contributed by atoms with Crippen LogP contribution in [0.4, 0.5) is 0 Å². The SMILES string of the molecule is c1ccc(P(c2ccccc2)c2cccc3ccn(P(c4ccccc4)c4ccccc4)c23)cc1.c1ccc(P(c2ccccc2)c2cccc3ccn(P(c4ccccc4)c4ccccc4)c23)cc1. The molecular formula is C64H50N2P4. The highest BCUT2D eigenvalue weighted by Crippen LogP contribution is 2.44. The molecule has 0 amide bonds. The second kappa shape index (κ2) is 21.7. The van der Waals surface area contributed by atoms with Crippen molar-refractivity contribution in [3.05, 3.63) is 304 Å². The number of para-hydroxylation sites is 2. The normalized spacial score (nSPS) is 11.4. The van der Waals surface area contributed by atoms with Gasteiger partial charge in [-0.2, -0.15) is 0 Å². The summed E-state index contributed by atoms with van der Waals surface area (Å²) >= 11 is 0. The van der Waals surface area contributed by atoms with Crippen molar-refractivity contribution in [2.24, 2.45) is 0 Å². The van der Waals surface area contributed by atoms with E-state index in [-0.39, 0.29) is 0 Å². The van der Waals surface area contributed by atoms with Gasteiger partial charge < -0.3 is 8.68 Å². The van der Waals surface area contributed by atoms with E-state index in [2.05, 4.69) is 312 Å². The first-order valence-corrected chi connectivity index (χ1v) is 28.9. The Morgan fingerprint density at radius 2 is 0.429 bits per heavy atom. The minimum Gasteiger partial charge on any atom is -0.317 e. The molecule has 0 saturated heterocycles. The van der Waals surface area contributed by atoms with Crippen molar-refractivity contribution in [3.63, 3.8) is 0 Å². The Bertz CT molecular complexity index is 3140. The molecule has 0 spiro atoms. The van der Waals surface area contributed by atoms with Gasteiger partial charge >= 0.3 is 0 Å². The molecule has 70 heavy (non-hydrogen) atoms. The molecule has 12 rings (SSSR count). The summed E-state index contributed by atoms with van der Waals surface area (Å²) in [5, 5.41) is 16.3. The Labute approximate surface area is 416 Å². The summed E-state index contributed by atoms with van der Waals surface area (Å²) < 4.78 is 5.10. The Morgan fingerprint density at radius 3 is 0.671 bits per heavy atom. The van der Waals surface area contributed by atoms with Gasteiger partial charge in [0, 0.05) is 55.0 Å². The quantitative estimate of drug-likeness (QED) is 0.108. The van der Waals surface area contributed by atoms with Crippen molar-refractivity contribution in [1.82, 2.24) is 8.68 Å². The van der Waals surface area contributed by atoms with Crippen LogP contribution in [0.5, 0.6) is 0 Å². The van der Waals surface area contributed by atoms with Crippen LogP contribution in [-0.4, -0.2) is 8.68 Å². The van der Waals surface area contributed by atoms with Crippen molar-refractivity contribution in [1.29, 1.82) is 0 Å². The van der Waals surface area contributed by atoms with Gasteiger partial charge in [0.1, 0.15) is 0 Å². The van der Waals surface area contributed by atoms with Gasteiger partial charge in [-0.15, -0.1) is 0 Å². The number of rotatable bonds is 12. The van der Waals surface area contributed by atoms with Crippen LogP contribution >= 0.6 is 32.0 Å². The lowest BCUT2D eigenvalue weighted by molar-refractivity contribution is 1.33. The summed E-state index contributed by atoms with van der Waals surface area (Å²) in [6, 6.07) is 106. The Kier molecular flexibility index (Phi) is 14.1. The van der Waals surface area contributed by atoms with E-state index in [0.29, 0.717) is 0 Å². The summed E-state index contributed by atoms with van der Waals surface area (Å²) in [5.41, 5.74) is 2.68. The van der Waals surface area contributed by atoms with Gasteiger partial charge in [0.05, 0.1) is 27.2 Å². The van der Waals surface area contributed by atoms with Crippen molar-refractivity contribution >= 4 is 107 Å². The second-order valence-corrected chi connectivity index (χ2v) is 25.3. The highest BCUT2D eigenvalue weighted by atomic mass is 31.1. The van der Waals surface area contributed by atoms with Gasteiger partial charge in [0.15, 0.2) is 0 Å². The zero-order valence-corrected chi connectivity index (χ0v) is 42.1. The van der Waals surface area contributed by atoms with Crippen LogP contribution in [-0.2, 0) is 0 Å². The van der Waals surface area contributed by atoms with Crippen LogP contribution in [0.25, 0.3) is 21.8 Å². The summed E-state index contributed by atoms with van der Waals surface area (Å²) in [6.07, 6.45) is 4.59. The zero-order valence-electron chi connectivity index (χ0n) is 38.6. The average molecular weight is 971 g/mol. The molecular weight excluding hydrogens is 921 g/mol. The molecule has 0 saturated carbocycles. The Hall–Kier alpha value is -7.00. The lowest BCUT2D eigenvalue weighted by atomic mass is 10.2. The lowest BCUT2D eigenvalue weighted by Crippen LogP contribution is -2.23. The van der Waals surface area contributed by atoms with Crippen molar-refractivity contribution < 1.29 is 0 Å². The number of benzene rings is 10. The maximum Gasteiger partial charge on any atom is 0.0604 e. The summed E-state index contributed by atoms with van der Waals surface area (Å²) in [7, 11) is -2.94. The maximum atomic E-state index is 2.55. The van der Waals surface area contributed by atoms with E-state index in [9.17, 15) is 0 Å². The standard InChI is InChI=1S/2C32H25NP2/c2*1-5-15-27(16-6-1)34(28-17-7-2-8-18-28)31-23-13-14-26-24-25-33(32(26)31)35(29-19-9-3-10-20-29)30-21-11-4-12-22-30/h2*1-25H. The lowest BCUT2D eigenvalue weighted by Gasteiger charge is -2.25. The first-order chi connectivity index (χ1) is 34.8. The molecule has 0 unspecified atom stereocenters. The fraction of sp³-hybridized carbons (Fsp3) is 0. The summed E-state index contributed by atoms with van der Waals surface area (Å²) in [4.78, 5) is 0. The fourth-order valence-electron chi connectivity index (χ4n) is 9.25. The molecule has 0 aliphatic carbocycles. The molecule has 2 nitrogen and oxygen atoms in total. The molecule has 12 aromatic rings. The highest BCUT2D eigenvalue weighted by Gasteiger charge is 2.26. The van der Waals surface area contributed by atoms with E-state index >= 15 is 0 Å². The second-order valence-electron chi connectivity index (χ2n) is 16.7. The summed E-state index contributed by atoms with van der Waals surface area (Å²) in [6.45, 7) is 0. The molecule has 0 N–H and O–H groups in total. The topological polar surface area (TPSA) is 9.86 Å². The van der Waals surface area contributed by atoms with Gasteiger partial charge in [-0.05, 0) is 49.2 Å². The summed E-state index contributed by atoms with van der Waals surface area (Å²) in [5.74, 6) is 0. The number of aromatic nitrogens is 2. The fourth-order valence-corrected chi connectivity index (χ4v) is 19.0. The highest BCUT2D eigenvalue weighted by molar-refractivity contribution is 7.81. The van der Waals surface area contributed by atoms with E-state index in [1.54, 1.807) is 0 Å². The van der Waals surface area contributed by atoms with Crippen molar-refractivity contribution in [2.45, 2.75) is 0 Å².